The molecule has 3 aliphatic rings. The molecule has 0 bridgehead atoms. The molecule has 2 aliphatic carbocycles. The summed E-state index contributed by atoms with van der Waals surface area (Å²) in [6, 6.07) is 9.71. The van der Waals surface area contributed by atoms with Gasteiger partial charge < -0.3 is 20.7 Å². The highest BCUT2D eigenvalue weighted by atomic mass is 32.2. The molecule has 0 aromatic heterocycles. The molecule has 13 nitrogen and oxygen atoms in total. The molecule has 0 fully saturated rings. The normalized spacial score (nSPS) is 18.6. The zero-order valence-electron chi connectivity index (χ0n) is 38.3. The molecule has 6 rings (SSSR count). The largest absolute Gasteiger partial charge is 0.460 e. The van der Waals surface area contributed by atoms with Crippen LogP contribution in [0.3, 0.4) is 0 Å². The van der Waals surface area contributed by atoms with Crippen molar-refractivity contribution in [1.29, 1.82) is 0 Å². The topological polar surface area (TPSA) is 201 Å². The number of hydrogen-bond acceptors (Lipinski definition) is 9. The van der Waals surface area contributed by atoms with Gasteiger partial charge in [-0.05, 0) is 124 Å². The van der Waals surface area contributed by atoms with E-state index >= 15 is 0 Å². The van der Waals surface area contributed by atoms with Crippen LogP contribution in [0.2, 0.25) is 0 Å². The quantitative estimate of drug-likeness (QED) is 0.103. The van der Waals surface area contributed by atoms with Crippen LogP contribution in [0.1, 0.15) is 99.2 Å². The third-order valence-electron chi connectivity index (χ3n) is 12.3. The van der Waals surface area contributed by atoms with Crippen molar-refractivity contribution in [3.05, 3.63) is 127 Å². The molecule has 0 spiro atoms. The fourth-order valence-electron chi connectivity index (χ4n) is 8.62. The van der Waals surface area contributed by atoms with Gasteiger partial charge in [-0.3, -0.25) is 18.7 Å². The van der Waals surface area contributed by atoms with E-state index in [-0.39, 0.29) is 51.8 Å². The predicted molar refractivity (Wildman–Crippen MR) is 254 cm³/mol. The van der Waals surface area contributed by atoms with Gasteiger partial charge in [-0.15, -0.1) is 0 Å². The fourth-order valence-corrected chi connectivity index (χ4v) is 10.2. The number of rotatable bonds is 13. The first kappa shape index (κ1) is 47.9. The maximum atomic E-state index is 13.5. The van der Waals surface area contributed by atoms with Crippen LogP contribution in [0.25, 0.3) is 5.57 Å². The van der Waals surface area contributed by atoms with Gasteiger partial charge >= 0.3 is 0 Å². The summed E-state index contributed by atoms with van der Waals surface area (Å²) in [5.74, 6) is 0.370. The molecule has 15 heteroatoms. The average molecular weight is 911 g/mol. The van der Waals surface area contributed by atoms with Crippen LogP contribution in [0.5, 0.6) is 0 Å². The standard InChI is InChI=1S/C49H58N4O9S2/c1-12-27(4)48(55)53-47-31(8)21-28(5)44(32(47)9)50-34-18-19-35-38(23-34)62-41-24-37(51-45-29(6)22-30(7)46(33(45)10)52-42(54)20-17-26(2)3)40(64(59,60)61)25-49(41,11)43(35)36-15-13-14-16-39(36)63(56,57)58/h13-16,18-19,21-24,26-27,51H,12,17,20,25H2,1-11H3,(H,52,54)(H,53,55)(H,56,57,58)(H,59,60,61). The first-order valence-electron chi connectivity index (χ1n) is 21.4. The first-order valence-corrected chi connectivity index (χ1v) is 24.2. The van der Waals surface area contributed by atoms with Gasteiger partial charge in [-0.25, -0.2) is 4.99 Å². The molecule has 5 N–H and O–H groups in total. The Morgan fingerprint density at radius 3 is 2.08 bits per heavy atom. The van der Waals surface area contributed by atoms with Crippen molar-refractivity contribution in [3.63, 3.8) is 0 Å². The fraction of sp³-hybridized carbons (Fsp3) is 0.367. The monoisotopic (exact) mass is 910 g/mol. The Kier molecular flexibility index (Phi) is 13.5. The minimum Gasteiger partial charge on any atom is -0.460 e. The van der Waals surface area contributed by atoms with E-state index in [1.807, 2.05) is 81.4 Å². The number of aliphatic imine (C=N–C) groups is 1. The Morgan fingerprint density at radius 1 is 0.828 bits per heavy atom. The van der Waals surface area contributed by atoms with Crippen LogP contribution in [0.4, 0.5) is 22.7 Å². The van der Waals surface area contributed by atoms with E-state index in [0.29, 0.717) is 70.4 Å². The number of carbonyl (C=O) groups excluding carboxylic acids is 2. The maximum absolute atomic E-state index is 13.5. The number of amides is 2. The van der Waals surface area contributed by atoms with E-state index in [4.69, 9.17) is 9.73 Å². The Morgan fingerprint density at radius 2 is 1.45 bits per heavy atom. The van der Waals surface area contributed by atoms with Gasteiger partial charge in [0, 0.05) is 59.1 Å². The molecule has 3 aromatic carbocycles. The van der Waals surface area contributed by atoms with Crippen LogP contribution >= 0.6 is 0 Å². The second-order valence-electron chi connectivity index (χ2n) is 17.7. The molecular weight excluding hydrogens is 853 g/mol. The van der Waals surface area contributed by atoms with Crippen molar-refractivity contribution in [1.82, 2.24) is 0 Å². The van der Waals surface area contributed by atoms with E-state index < -0.39 is 30.5 Å². The Labute approximate surface area is 377 Å². The highest BCUT2D eigenvalue weighted by Gasteiger charge is 2.49. The van der Waals surface area contributed by atoms with E-state index in [9.17, 15) is 35.5 Å². The Hall–Kier alpha value is -5.61. The lowest BCUT2D eigenvalue weighted by Crippen LogP contribution is -2.35. The van der Waals surface area contributed by atoms with Gasteiger partial charge in [0.15, 0.2) is 0 Å². The number of nitrogens with one attached hydrogen (secondary N) is 3. The van der Waals surface area contributed by atoms with Crippen molar-refractivity contribution in [2.75, 3.05) is 16.0 Å². The molecule has 1 aliphatic heterocycles. The van der Waals surface area contributed by atoms with Crippen molar-refractivity contribution >= 4 is 66.1 Å². The maximum Gasteiger partial charge on any atom is 0.295 e. The van der Waals surface area contributed by atoms with Crippen LogP contribution < -0.4 is 16.0 Å². The molecule has 2 unspecified atom stereocenters. The summed E-state index contributed by atoms with van der Waals surface area (Å²) in [5, 5.41) is 9.37. The zero-order chi connectivity index (χ0) is 47.2. The number of hydrogen-bond donors (Lipinski definition) is 5. The van der Waals surface area contributed by atoms with Gasteiger partial charge in [0.2, 0.25) is 11.8 Å². The summed E-state index contributed by atoms with van der Waals surface area (Å²) >= 11 is 0. The van der Waals surface area contributed by atoms with Gasteiger partial charge in [0.1, 0.15) is 16.4 Å². The molecule has 0 saturated carbocycles. The lowest BCUT2D eigenvalue weighted by molar-refractivity contribution is -0.119. The Balaban J connectivity index is 1.54. The summed E-state index contributed by atoms with van der Waals surface area (Å²) in [6.45, 7) is 20.9. The predicted octanol–water partition coefficient (Wildman–Crippen LogP) is 10.7. The molecule has 2 atom stereocenters. The molecule has 0 saturated heterocycles. The number of ether oxygens (including phenoxy) is 1. The van der Waals surface area contributed by atoms with Gasteiger partial charge in [0.25, 0.3) is 20.2 Å². The zero-order valence-corrected chi connectivity index (χ0v) is 39.9. The SMILES string of the molecule is CCC(C)C(=O)Nc1c(C)cc(C)c(N=C2C=CC3=C(c4ccccc4S(=O)(=O)O)C4(C)CC(S(=O)(=O)O)=C(Nc5c(C)cc(C)c(NC(=O)CCC(C)C)c5C)C=C4OC3=C2)c1C. The smallest absolute Gasteiger partial charge is 0.295 e. The van der Waals surface area contributed by atoms with E-state index in [1.54, 1.807) is 31.2 Å². The number of fused-ring (bicyclic) bond motifs is 2. The first-order chi connectivity index (χ1) is 29.8. The number of aryl methyl sites for hydroxylation is 4. The third kappa shape index (κ3) is 9.58. The molecule has 3 aromatic rings. The average Bonchev–Trinajstić information content (AvgIpc) is 3.21. The summed E-state index contributed by atoms with van der Waals surface area (Å²) in [4.78, 5) is 30.3. The second kappa shape index (κ2) is 18.1. The van der Waals surface area contributed by atoms with Crippen LogP contribution in [0, 0.1) is 58.8 Å². The lowest BCUT2D eigenvalue weighted by Gasteiger charge is -2.44. The second-order valence-corrected chi connectivity index (χ2v) is 20.6. The van der Waals surface area contributed by atoms with Crippen molar-refractivity contribution in [3.8, 4) is 0 Å². The molecule has 1 heterocycles. The number of anilines is 3. The minimum atomic E-state index is -4.93. The van der Waals surface area contributed by atoms with Crippen LogP contribution in [0.15, 0.2) is 98.3 Å². The van der Waals surface area contributed by atoms with E-state index in [0.717, 1.165) is 27.8 Å². The summed E-state index contributed by atoms with van der Waals surface area (Å²) < 4.78 is 81.0. The highest BCUT2D eigenvalue weighted by molar-refractivity contribution is 7.89. The van der Waals surface area contributed by atoms with Gasteiger partial charge in [0.05, 0.1) is 27.4 Å². The van der Waals surface area contributed by atoms with Gasteiger partial charge in [-0.1, -0.05) is 58.0 Å². The molecule has 64 heavy (non-hydrogen) atoms. The number of benzene rings is 3. The van der Waals surface area contributed by atoms with Crippen molar-refractivity contribution in [2.45, 2.75) is 107 Å². The van der Waals surface area contributed by atoms with E-state index in [1.165, 1.54) is 24.3 Å². The van der Waals surface area contributed by atoms with Crippen LogP contribution in [-0.2, 0) is 34.6 Å². The van der Waals surface area contributed by atoms with Gasteiger partial charge in [-0.2, -0.15) is 16.8 Å². The molecule has 2 amide bonds. The summed E-state index contributed by atoms with van der Waals surface area (Å²) in [5.41, 5.74) is 6.98. The Bertz CT molecular complexity index is 2900. The number of carbonyl (C=O) groups is 2. The molecule has 340 valence electrons. The van der Waals surface area contributed by atoms with Crippen molar-refractivity contribution < 1.29 is 40.3 Å². The highest BCUT2D eigenvalue weighted by Crippen LogP contribution is 2.58. The van der Waals surface area contributed by atoms with Crippen molar-refractivity contribution in [2.24, 2.45) is 22.2 Å². The summed E-state index contributed by atoms with van der Waals surface area (Å²) in [6.07, 6.45) is 7.94. The molecular formula is C49H58N4O9S2. The third-order valence-corrected chi connectivity index (χ3v) is 14.2. The minimum absolute atomic E-state index is 0.00620. The van der Waals surface area contributed by atoms with E-state index in [2.05, 4.69) is 16.0 Å². The number of nitrogens with zero attached hydrogens (tertiary/aromatic N) is 1. The summed E-state index contributed by atoms with van der Waals surface area (Å²) in [7, 11) is -9.74. The van der Waals surface area contributed by atoms with Crippen LogP contribution in [-0.4, -0.2) is 43.5 Å². The lowest BCUT2D eigenvalue weighted by atomic mass is 9.68. The molecule has 0 radical (unpaired) electrons. The number of allylic oxidation sites excluding steroid dienone is 6.